The molecule has 0 N–H and O–H groups in total. The number of azide groups is 1. The molecular formula is C10H11N3O2. The van der Waals surface area contributed by atoms with E-state index in [0.717, 1.165) is 11.1 Å². The summed E-state index contributed by atoms with van der Waals surface area (Å²) in [5, 5.41) is 3.46. The first-order valence-electron chi connectivity index (χ1n) is 4.42. The topological polar surface area (TPSA) is 75.1 Å². The Balaban J connectivity index is 2.85. The summed E-state index contributed by atoms with van der Waals surface area (Å²) in [6.45, 7) is 0.254. The molecule has 0 amide bonds. The van der Waals surface area contributed by atoms with Crippen LogP contribution in [0.3, 0.4) is 0 Å². The summed E-state index contributed by atoms with van der Waals surface area (Å²) >= 11 is 0. The molecule has 0 unspecified atom stereocenters. The maximum absolute atomic E-state index is 11.1. The largest absolute Gasteiger partial charge is 0.469 e. The number of carbonyl (C=O) groups excluding carboxylic acids is 1. The molecule has 0 spiro atoms. The summed E-state index contributed by atoms with van der Waals surface area (Å²) in [6, 6.07) is 7.31. The average Bonchev–Trinajstić information content (AvgIpc) is 2.28. The predicted octanol–water partition coefficient (Wildman–Crippen LogP) is 2.21. The van der Waals surface area contributed by atoms with E-state index in [9.17, 15) is 4.79 Å². The van der Waals surface area contributed by atoms with Gasteiger partial charge in [0.2, 0.25) is 0 Å². The fraction of sp³-hybridized carbons (Fsp3) is 0.300. The third-order valence-corrected chi connectivity index (χ3v) is 1.99. The first-order chi connectivity index (χ1) is 7.27. The van der Waals surface area contributed by atoms with Crippen molar-refractivity contribution in [1.82, 2.24) is 0 Å². The van der Waals surface area contributed by atoms with E-state index in [2.05, 4.69) is 14.8 Å². The number of methoxy groups -OCH3 is 1. The highest BCUT2D eigenvalue weighted by Crippen LogP contribution is 2.11. The molecule has 0 saturated heterocycles. The van der Waals surface area contributed by atoms with Crippen molar-refractivity contribution in [1.29, 1.82) is 0 Å². The lowest BCUT2D eigenvalue weighted by atomic mass is 10.1. The highest BCUT2D eigenvalue weighted by atomic mass is 16.5. The zero-order valence-corrected chi connectivity index (χ0v) is 8.38. The number of hydrogen-bond donors (Lipinski definition) is 0. The van der Waals surface area contributed by atoms with Crippen molar-refractivity contribution in [3.05, 3.63) is 45.8 Å². The Labute approximate surface area is 87.3 Å². The SMILES string of the molecule is COC(=O)Cc1ccccc1CN=[N+]=[N-]. The van der Waals surface area contributed by atoms with Crippen molar-refractivity contribution < 1.29 is 9.53 Å². The standard InChI is InChI=1S/C10H11N3O2/c1-15-10(14)6-8-4-2-3-5-9(8)7-12-13-11/h2-5H,6-7H2,1H3. The second-order valence-corrected chi connectivity index (χ2v) is 2.91. The van der Waals surface area contributed by atoms with E-state index in [-0.39, 0.29) is 18.9 Å². The molecule has 1 aromatic rings. The Kier molecular flexibility index (Phi) is 4.19. The fourth-order valence-electron chi connectivity index (χ4n) is 1.22. The summed E-state index contributed by atoms with van der Waals surface area (Å²) < 4.78 is 4.57. The number of rotatable bonds is 4. The summed E-state index contributed by atoms with van der Waals surface area (Å²) in [7, 11) is 1.35. The van der Waals surface area contributed by atoms with Gasteiger partial charge in [-0.15, -0.1) is 0 Å². The minimum absolute atomic E-state index is 0.202. The van der Waals surface area contributed by atoms with E-state index in [1.165, 1.54) is 7.11 Å². The molecular weight excluding hydrogens is 194 g/mol. The van der Waals surface area contributed by atoms with Crippen molar-refractivity contribution in [3.8, 4) is 0 Å². The molecule has 0 heterocycles. The summed E-state index contributed by atoms with van der Waals surface area (Å²) in [6.07, 6.45) is 0.202. The van der Waals surface area contributed by atoms with Gasteiger partial charge in [-0.25, -0.2) is 0 Å². The molecule has 5 nitrogen and oxygen atoms in total. The Morgan fingerprint density at radius 3 is 2.73 bits per heavy atom. The third kappa shape index (κ3) is 3.32. The summed E-state index contributed by atoms with van der Waals surface area (Å²) in [4.78, 5) is 13.8. The minimum Gasteiger partial charge on any atom is -0.469 e. The zero-order valence-electron chi connectivity index (χ0n) is 8.38. The first-order valence-corrected chi connectivity index (χ1v) is 4.42. The van der Waals surface area contributed by atoms with Gasteiger partial charge in [0.25, 0.3) is 0 Å². The predicted molar refractivity (Wildman–Crippen MR) is 55.0 cm³/mol. The number of benzene rings is 1. The molecule has 0 aliphatic carbocycles. The number of nitrogens with zero attached hydrogens (tertiary/aromatic N) is 3. The molecule has 0 bridgehead atoms. The lowest BCUT2D eigenvalue weighted by Gasteiger charge is -2.05. The monoisotopic (exact) mass is 205 g/mol. The smallest absolute Gasteiger partial charge is 0.309 e. The van der Waals surface area contributed by atoms with Gasteiger partial charge in [-0.1, -0.05) is 29.4 Å². The highest BCUT2D eigenvalue weighted by molar-refractivity contribution is 5.72. The second kappa shape index (κ2) is 5.67. The minimum atomic E-state index is -0.302. The van der Waals surface area contributed by atoms with Crippen LogP contribution in [0.25, 0.3) is 10.4 Å². The number of esters is 1. The molecule has 0 radical (unpaired) electrons. The van der Waals surface area contributed by atoms with E-state index < -0.39 is 0 Å². The van der Waals surface area contributed by atoms with Crippen LogP contribution in [0, 0.1) is 0 Å². The van der Waals surface area contributed by atoms with Crippen molar-refractivity contribution >= 4 is 5.97 Å². The van der Waals surface area contributed by atoms with Crippen LogP contribution in [-0.4, -0.2) is 13.1 Å². The Morgan fingerprint density at radius 1 is 1.47 bits per heavy atom. The summed E-state index contributed by atoms with van der Waals surface area (Å²) in [5.41, 5.74) is 9.89. The molecule has 1 rings (SSSR count). The van der Waals surface area contributed by atoms with Gasteiger partial charge in [0, 0.05) is 4.91 Å². The van der Waals surface area contributed by atoms with Crippen LogP contribution in [0.2, 0.25) is 0 Å². The van der Waals surface area contributed by atoms with E-state index in [0.29, 0.717) is 0 Å². The van der Waals surface area contributed by atoms with E-state index in [4.69, 9.17) is 5.53 Å². The average molecular weight is 205 g/mol. The molecule has 78 valence electrons. The first kappa shape index (κ1) is 11.1. The van der Waals surface area contributed by atoms with Crippen LogP contribution in [-0.2, 0) is 22.5 Å². The van der Waals surface area contributed by atoms with Crippen molar-refractivity contribution in [3.63, 3.8) is 0 Å². The normalized spacial score (nSPS) is 9.13. The Morgan fingerprint density at radius 2 is 2.13 bits per heavy atom. The van der Waals surface area contributed by atoms with Crippen molar-refractivity contribution in [2.75, 3.05) is 7.11 Å². The number of carbonyl (C=O) groups is 1. The van der Waals surface area contributed by atoms with Crippen LogP contribution in [0.4, 0.5) is 0 Å². The maximum Gasteiger partial charge on any atom is 0.309 e. The van der Waals surface area contributed by atoms with E-state index >= 15 is 0 Å². The lowest BCUT2D eigenvalue weighted by molar-refractivity contribution is -0.139. The molecule has 0 aliphatic heterocycles. The van der Waals surface area contributed by atoms with Gasteiger partial charge in [-0.2, -0.15) is 0 Å². The molecule has 0 saturated carbocycles. The molecule has 0 atom stereocenters. The maximum atomic E-state index is 11.1. The van der Waals surface area contributed by atoms with Crippen LogP contribution in [0.5, 0.6) is 0 Å². The van der Waals surface area contributed by atoms with Gasteiger partial charge in [0.1, 0.15) is 0 Å². The van der Waals surface area contributed by atoms with Gasteiger partial charge in [-0.05, 0) is 16.7 Å². The number of hydrogen-bond acceptors (Lipinski definition) is 3. The summed E-state index contributed by atoms with van der Waals surface area (Å²) in [5.74, 6) is -0.302. The molecule has 1 aromatic carbocycles. The van der Waals surface area contributed by atoms with Crippen LogP contribution in [0.15, 0.2) is 29.4 Å². The van der Waals surface area contributed by atoms with Crippen LogP contribution >= 0.6 is 0 Å². The molecule has 0 aliphatic rings. The van der Waals surface area contributed by atoms with Crippen LogP contribution in [0.1, 0.15) is 11.1 Å². The van der Waals surface area contributed by atoms with Gasteiger partial charge >= 0.3 is 5.97 Å². The van der Waals surface area contributed by atoms with Crippen molar-refractivity contribution in [2.24, 2.45) is 5.11 Å². The lowest BCUT2D eigenvalue weighted by Crippen LogP contribution is -2.06. The third-order valence-electron chi connectivity index (χ3n) is 1.99. The molecule has 5 heteroatoms. The Hall–Kier alpha value is -2.00. The number of ether oxygens (including phenoxy) is 1. The van der Waals surface area contributed by atoms with Gasteiger partial charge in [0.15, 0.2) is 0 Å². The Bertz CT molecular complexity index is 397. The van der Waals surface area contributed by atoms with Gasteiger partial charge < -0.3 is 4.74 Å². The quantitative estimate of drug-likeness (QED) is 0.327. The molecule has 0 aromatic heterocycles. The van der Waals surface area contributed by atoms with Crippen LogP contribution < -0.4 is 0 Å². The molecule has 0 fully saturated rings. The zero-order chi connectivity index (χ0) is 11.1. The fourth-order valence-corrected chi connectivity index (χ4v) is 1.22. The van der Waals surface area contributed by atoms with E-state index in [1.54, 1.807) is 0 Å². The van der Waals surface area contributed by atoms with E-state index in [1.807, 2.05) is 24.3 Å². The molecule has 15 heavy (non-hydrogen) atoms. The second-order valence-electron chi connectivity index (χ2n) is 2.91. The van der Waals surface area contributed by atoms with Gasteiger partial charge in [0.05, 0.1) is 20.1 Å². The van der Waals surface area contributed by atoms with Crippen molar-refractivity contribution in [2.45, 2.75) is 13.0 Å². The highest BCUT2D eigenvalue weighted by Gasteiger charge is 2.06. The van der Waals surface area contributed by atoms with Gasteiger partial charge in [-0.3, -0.25) is 4.79 Å².